The first-order valence-corrected chi connectivity index (χ1v) is 16.3. The molecule has 0 amide bonds. The second-order valence-corrected chi connectivity index (χ2v) is 14.4. The van der Waals surface area contributed by atoms with Gasteiger partial charge in [0, 0.05) is 83.0 Å². The predicted octanol–water partition coefficient (Wildman–Crippen LogP) is 1.01. The van der Waals surface area contributed by atoms with E-state index in [4.69, 9.17) is 28.4 Å². The van der Waals surface area contributed by atoms with Crippen LogP contribution < -0.4 is 0 Å². The number of aliphatic hydroxyl groups excluding tert-OH is 2. The molecule has 11 heteroatoms. The van der Waals surface area contributed by atoms with Crippen LogP contribution in [0.25, 0.3) is 0 Å². The lowest BCUT2D eigenvalue weighted by Crippen LogP contribution is -2.81. The third kappa shape index (κ3) is 3.70. The maximum atomic E-state index is 13.2. The first-order chi connectivity index (χ1) is 21.6. The van der Waals surface area contributed by atoms with Crippen molar-refractivity contribution in [3.05, 3.63) is 35.9 Å². The fourth-order valence-corrected chi connectivity index (χ4v) is 12.4. The number of ether oxygens (including phenoxy) is 6. The molecule has 7 rings (SSSR count). The smallest absolute Gasteiger partial charge is 0.303 e. The molecule has 5 aliphatic carbocycles. The summed E-state index contributed by atoms with van der Waals surface area (Å²) in [6, 6.07) is 9.50. The zero-order chi connectivity index (χ0) is 32.1. The molecule has 15 atom stereocenters. The Morgan fingerprint density at radius 1 is 1.02 bits per heavy atom. The molecule has 0 radical (unpaired) electrons. The quantitative estimate of drug-likeness (QED) is 0.319. The molecule has 1 aliphatic heterocycles. The summed E-state index contributed by atoms with van der Waals surface area (Å²) in [7, 11) is 6.49. The Hall–Kier alpha value is -1.67. The van der Waals surface area contributed by atoms with Gasteiger partial charge in [0.15, 0.2) is 5.60 Å². The Balaban J connectivity index is 1.51. The number of carbonyl (C=O) groups is 1. The number of hydrogen-bond acceptors (Lipinski definition) is 11. The fraction of sp³-hybridized carbons (Fsp3) is 0.794. The predicted molar refractivity (Wildman–Crippen MR) is 160 cm³/mol. The standard InChI is InChI=1S/C34H49NO10/c1-7-35-16-31(17-40-3)21(37)13-22(41-4)33-20-14-32(39)29(44-15-19-11-9-8-10-12-19)23(20)34(45-18(2)36,28(38)30(32)43-6)24(27(33)35)25(42-5)26(31)33/h8-12,20-30,37-39H,7,13-17H2,1-6H3/t20-,21-,22+,23-,24+,25+,26-,27-,28+,29-,30+,31+,32-,33+,34-/m1/s1. The molecule has 1 aromatic carbocycles. The third-order valence-corrected chi connectivity index (χ3v) is 13.2. The van der Waals surface area contributed by atoms with E-state index in [2.05, 4.69) is 11.8 Å². The van der Waals surface area contributed by atoms with E-state index in [0.717, 1.165) is 5.56 Å². The van der Waals surface area contributed by atoms with Crippen molar-refractivity contribution in [3.8, 4) is 0 Å². The Labute approximate surface area is 265 Å². The number of rotatable bonds is 10. The fourth-order valence-electron chi connectivity index (χ4n) is 12.4. The van der Waals surface area contributed by atoms with Crippen molar-refractivity contribution in [1.29, 1.82) is 0 Å². The SMILES string of the molecule is CCN1C[C@]2(COC)[C@H](O)C[C@H](OC)[C@@]34[C@@H]5C[C@@]6(O)[C@H](OCc7ccccc7)[C@@H]5[C@@](OC(C)=O)([C@@H]([C@H](OC)[C@H]23)[C@@H]14)[C@@H](O)[C@@H]6OC. The van der Waals surface area contributed by atoms with E-state index in [-0.39, 0.29) is 30.9 Å². The highest BCUT2D eigenvalue weighted by atomic mass is 16.6. The van der Waals surface area contributed by atoms with Crippen LogP contribution in [0.2, 0.25) is 0 Å². The summed E-state index contributed by atoms with van der Waals surface area (Å²) in [4.78, 5) is 15.6. The number of likely N-dealkylation sites (tertiary alicyclic amines) is 1. The summed E-state index contributed by atoms with van der Waals surface area (Å²) < 4.78 is 38.1. The van der Waals surface area contributed by atoms with Crippen LogP contribution in [0.15, 0.2) is 30.3 Å². The van der Waals surface area contributed by atoms with E-state index in [1.807, 2.05) is 30.3 Å². The normalized spacial score (nSPS) is 50.9. The lowest BCUT2D eigenvalue weighted by atomic mass is 9.42. The van der Waals surface area contributed by atoms with Crippen molar-refractivity contribution in [3.63, 3.8) is 0 Å². The number of hydrogen-bond donors (Lipinski definition) is 3. The number of aliphatic hydroxyl groups is 3. The summed E-state index contributed by atoms with van der Waals surface area (Å²) in [5.41, 5.74) is -3.55. The van der Waals surface area contributed by atoms with Gasteiger partial charge in [-0.25, -0.2) is 0 Å². The average Bonchev–Trinajstić information content (AvgIpc) is 3.41. The minimum atomic E-state index is -1.59. The highest BCUT2D eigenvalue weighted by molar-refractivity contribution is 5.67. The van der Waals surface area contributed by atoms with Crippen molar-refractivity contribution in [2.75, 3.05) is 48.1 Å². The molecule has 45 heavy (non-hydrogen) atoms. The van der Waals surface area contributed by atoms with Gasteiger partial charge in [-0.1, -0.05) is 37.3 Å². The van der Waals surface area contributed by atoms with Gasteiger partial charge in [0.2, 0.25) is 0 Å². The van der Waals surface area contributed by atoms with Crippen molar-refractivity contribution in [2.45, 2.75) is 87.2 Å². The van der Waals surface area contributed by atoms with Crippen molar-refractivity contribution >= 4 is 5.97 Å². The molecule has 250 valence electrons. The van der Waals surface area contributed by atoms with Crippen LogP contribution >= 0.6 is 0 Å². The molecule has 1 spiro atoms. The van der Waals surface area contributed by atoms with Gasteiger partial charge in [0.05, 0.1) is 37.6 Å². The summed E-state index contributed by atoms with van der Waals surface area (Å²) in [6.07, 6.45) is -4.36. The lowest BCUT2D eigenvalue weighted by Gasteiger charge is -2.70. The number of esters is 1. The summed E-state index contributed by atoms with van der Waals surface area (Å²) in [6.45, 7) is 5.18. The van der Waals surface area contributed by atoms with Gasteiger partial charge >= 0.3 is 5.97 Å². The molecule has 6 fully saturated rings. The largest absolute Gasteiger partial charge is 0.455 e. The highest BCUT2D eigenvalue weighted by Crippen LogP contribution is 2.80. The minimum Gasteiger partial charge on any atom is -0.455 e. The van der Waals surface area contributed by atoms with E-state index >= 15 is 0 Å². The van der Waals surface area contributed by atoms with Gasteiger partial charge < -0.3 is 43.7 Å². The second kappa shape index (κ2) is 10.9. The molecule has 1 heterocycles. The second-order valence-electron chi connectivity index (χ2n) is 14.4. The number of nitrogens with zero attached hydrogens (tertiary/aromatic N) is 1. The molecule has 5 saturated carbocycles. The summed E-state index contributed by atoms with van der Waals surface area (Å²) >= 11 is 0. The summed E-state index contributed by atoms with van der Waals surface area (Å²) in [5.74, 6) is -2.31. The summed E-state index contributed by atoms with van der Waals surface area (Å²) in [5, 5.41) is 37.3. The van der Waals surface area contributed by atoms with E-state index in [1.54, 1.807) is 21.3 Å². The van der Waals surface area contributed by atoms with E-state index in [1.165, 1.54) is 14.0 Å². The topological polar surface area (TPSA) is 136 Å². The van der Waals surface area contributed by atoms with Crippen molar-refractivity contribution < 1.29 is 48.5 Å². The van der Waals surface area contributed by atoms with Gasteiger partial charge in [0.25, 0.3) is 0 Å². The minimum absolute atomic E-state index is 0.221. The molecule has 3 N–H and O–H groups in total. The zero-order valence-corrected chi connectivity index (χ0v) is 27.1. The van der Waals surface area contributed by atoms with Gasteiger partial charge in [-0.15, -0.1) is 0 Å². The molecule has 1 saturated heterocycles. The average molecular weight is 632 g/mol. The van der Waals surface area contributed by atoms with Crippen LogP contribution in [-0.4, -0.2) is 128 Å². The van der Waals surface area contributed by atoms with E-state index in [0.29, 0.717) is 26.1 Å². The van der Waals surface area contributed by atoms with Crippen LogP contribution in [-0.2, 0) is 39.8 Å². The van der Waals surface area contributed by atoms with E-state index < -0.39 is 76.5 Å². The van der Waals surface area contributed by atoms with Crippen molar-refractivity contribution in [1.82, 2.24) is 4.90 Å². The molecule has 7 bridgehead atoms. The number of piperidine rings is 1. The van der Waals surface area contributed by atoms with Crippen LogP contribution in [0.3, 0.4) is 0 Å². The molecule has 6 aliphatic rings. The van der Waals surface area contributed by atoms with Crippen molar-refractivity contribution in [2.24, 2.45) is 34.5 Å². The first-order valence-electron chi connectivity index (χ1n) is 16.3. The monoisotopic (exact) mass is 631 g/mol. The maximum Gasteiger partial charge on any atom is 0.303 e. The molecular formula is C34H49NO10. The molecule has 0 unspecified atom stereocenters. The molecule has 11 nitrogen and oxygen atoms in total. The Morgan fingerprint density at radius 3 is 2.36 bits per heavy atom. The van der Waals surface area contributed by atoms with Gasteiger partial charge in [-0.3, -0.25) is 9.69 Å². The first kappa shape index (κ1) is 31.9. The van der Waals surface area contributed by atoms with Gasteiger partial charge in [-0.2, -0.15) is 0 Å². The lowest BCUT2D eigenvalue weighted by molar-refractivity contribution is -0.328. The Kier molecular flexibility index (Phi) is 7.75. The Morgan fingerprint density at radius 2 is 1.76 bits per heavy atom. The van der Waals surface area contributed by atoms with Crippen LogP contribution in [0.4, 0.5) is 0 Å². The van der Waals surface area contributed by atoms with Gasteiger partial charge in [-0.05, 0) is 24.4 Å². The van der Waals surface area contributed by atoms with Gasteiger partial charge in [0.1, 0.15) is 17.8 Å². The zero-order valence-electron chi connectivity index (χ0n) is 27.1. The molecule has 0 aromatic heterocycles. The number of fused-ring (bicyclic) bond motifs is 2. The Bertz CT molecular complexity index is 1280. The van der Waals surface area contributed by atoms with Crippen LogP contribution in [0.5, 0.6) is 0 Å². The maximum absolute atomic E-state index is 13.2. The van der Waals surface area contributed by atoms with E-state index in [9.17, 15) is 20.1 Å². The number of benzene rings is 1. The molecule has 1 aromatic rings. The number of methoxy groups -OCH3 is 4. The highest BCUT2D eigenvalue weighted by Gasteiger charge is 2.92. The van der Waals surface area contributed by atoms with Crippen LogP contribution in [0, 0.1) is 34.5 Å². The van der Waals surface area contributed by atoms with Crippen LogP contribution in [0.1, 0.15) is 32.3 Å². The number of carbonyl (C=O) groups excluding carboxylic acids is 1. The third-order valence-electron chi connectivity index (χ3n) is 13.2. The molecular weight excluding hydrogens is 582 g/mol.